The number of fused-ring (bicyclic) bond motifs is 2. The number of aromatic hydroxyl groups is 4. The molecular weight excluding hydrogens is 464 g/mol. The fraction of sp³-hybridized carbons (Fsp3) is 0. The second kappa shape index (κ2) is 6.07. The molecule has 0 saturated heterocycles. The van der Waals surface area contributed by atoms with E-state index < -0.39 is 0 Å². The van der Waals surface area contributed by atoms with Crippen LogP contribution in [0, 0.1) is 0 Å². The van der Waals surface area contributed by atoms with Gasteiger partial charge in [0.15, 0.2) is 23.0 Å². The first-order valence-electron chi connectivity index (χ1n) is 7.68. The van der Waals surface area contributed by atoms with E-state index in [1.165, 1.54) is 0 Å². The fourth-order valence-electron chi connectivity index (χ4n) is 3.25. The minimum absolute atomic E-state index is 0.248. The molecule has 26 heavy (non-hydrogen) atoms. The summed E-state index contributed by atoms with van der Waals surface area (Å²) >= 11 is 6.61. The van der Waals surface area contributed by atoms with E-state index in [-0.39, 0.29) is 34.1 Å². The maximum atomic E-state index is 10.7. The Hall–Kier alpha value is -2.44. The highest BCUT2D eigenvalue weighted by Gasteiger charge is 2.25. The van der Waals surface area contributed by atoms with Crippen molar-refractivity contribution in [1.29, 1.82) is 0 Å². The van der Waals surface area contributed by atoms with E-state index in [1.54, 1.807) is 36.4 Å². The molecule has 0 atom stereocenters. The minimum atomic E-state index is -0.377. The highest BCUT2D eigenvalue weighted by molar-refractivity contribution is 9.11. The predicted octanol–water partition coefficient (Wildman–Crippen LogP) is 6.01. The van der Waals surface area contributed by atoms with Gasteiger partial charge in [-0.2, -0.15) is 0 Å². The van der Waals surface area contributed by atoms with Gasteiger partial charge in [0.05, 0.1) is 8.95 Å². The fourth-order valence-corrected chi connectivity index (χ4v) is 4.31. The number of phenolic OH excluding ortho intramolecular Hbond substituents is 4. The van der Waals surface area contributed by atoms with Gasteiger partial charge in [-0.15, -0.1) is 0 Å². The van der Waals surface area contributed by atoms with Crippen molar-refractivity contribution in [2.24, 2.45) is 0 Å². The molecule has 0 bridgehead atoms. The molecule has 0 aliphatic rings. The number of halogens is 2. The van der Waals surface area contributed by atoms with Crippen LogP contribution < -0.4 is 0 Å². The summed E-state index contributed by atoms with van der Waals surface area (Å²) in [5.41, 5.74) is 0.496. The van der Waals surface area contributed by atoms with Crippen molar-refractivity contribution in [3.63, 3.8) is 0 Å². The molecule has 0 unspecified atom stereocenters. The summed E-state index contributed by atoms with van der Waals surface area (Å²) in [6, 6.07) is 14.4. The summed E-state index contributed by atoms with van der Waals surface area (Å²) in [7, 11) is 0. The third-order valence-corrected chi connectivity index (χ3v) is 6.06. The Morgan fingerprint density at radius 3 is 1.12 bits per heavy atom. The summed E-state index contributed by atoms with van der Waals surface area (Å²) < 4.78 is 0.721. The van der Waals surface area contributed by atoms with Crippen LogP contribution in [0.15, 0.2) is 57.5 Å². The first kappa shape index (κ1) is 17.0. The molecule has 4 nitrogen and oxygen atoms in total. The van der Waals surface area contributed by atoms with Crippen LogP contribution in [0.2, 0.25) is 0 Å². The number of rotatable bonds is 1. The Bertz CT molecular complexity index is 1110. The monoisotopic (exact) mass is 474 g/mol. The van der Waals surface area contributed by atoms with Crippen LogP contribution in [0.4, 0.5) is 0 Å². The molecule has 0 heterocycles. The first-order chi connectivity index (χ1) is 12.4. The molecule has 0 radical (unpaired) electrons. The van der Waals surface area contributed by atoms with Crippen molar-refractivity contribution in [2.75, 3.05) is 0 Å². The zero-order valence-electron chi connectivity index (χ0n) is 13.2. The van der Waals surface area contributed by atoms with E-state index in [0.29, 0.717) is 30.5 Å². The molecule has 6 heteroatoms. The van der Waals surface area contributed by atoms with Gasteiger partial charge in [-0.05, 0) is 42.6 Å². The van der Waals surface area contributed by atoms with Crippen LogP contribution in [0.25, 0.3) is 32.7 Å². The number of hydrogen-bond donors (Lipinski definition) is 4. The molecule has 0 amide bonds. The molecule has 4 N–H and O–H groups in total. The molecule has 4 aromatic rings. The largest absolute Gasteiger partial charge is 0.504 e. The zero-order chi connectivity index (χ0) is 18.6. The molecule has 0 spiro atoms. The lowest BCUT2D eigenvalue weighted by Gasteiger charge is -2.18. The van der Waals surface area contributed by atoms with Gasteiger partial charge < -0.3 is 20.4 Å². The molecule has 0 fully saturated rings. The maximum Gasteiger partial charge on any atom is 0.173 e. The van der Waals surface area contributed by atoms with Crippen molar-refractivity contribution in [3.05, 3.63) is 57.5 Å². The highest BCUT2D eigenvalue weighted by atomic mass is 79.9. The molecule has 4 aromatic carbocycles. The maximum absolute atomic E-state index is 10.7. The smallest absolute Gasteiger partial charge is 0.173 e. The lowest BCUT2D eigenvalue weighted by Crippen LogP contribution is -1.90. The topological polar surface area (TPSA) is 80.9 Å². The molecule has 4 rings (SSSR count). The third kappa shape index (κ3) is 2.26. The van der Waals surface area contributed by atoms with Crippen LogP contribution in [0.1, 0.15) is 0 Å². The highest BCUT2D eigenvalue weighted by Crippen LogP contribution is 2.55. The van der Waals surface area contributed by atoms with E-state index in [0.717, 1.165) is 0 Å². The van der Waals surface area contributed by atoms with Crippen LogP contribution in [0.3, 0.4) is 0 Å². The summed E-state index contributed by atoms with van der Waals surface area (Å²) in [5.74, 6) is -1.41. The zero-order valence-corrected chi connectivity index (χ0v) is 16.3. The number of phenols is 4. The summed E-state index contributed by atoms with van der Waals surface area (Å²) in [4.78, 5) is 0. The van der Waals surface area contributed by atoms with E-state index in [4.69, 9.17) is 0 Å². The summed E-state index contributed by atoms with van der Waals surface area (Å²) in [6.45, 7) is 0. The molecular formula is C20H12Br2O4. The molecule has 0 aliphatic carbocycles. The normalized spacial score (nSPS) is 11.3. The quantitative estimate of drug-likeness (QED) is 0.254. The molecule has 0 aliphatic heterocycles. The standard InChI is InChI=1S/C20H12Br2O4/c21-15-11-7-3-1-5-9(11)13(17(23)19(15)25)14-10-6-2-4-8-12(10)16(22)20(26)18(14)24/h1-8,23-26H. The Kier molecular flexibility index (Phi) is 3.97. The first-order valence-corrected chi connectivity index (χ1v) is 9.26. The average Bonchev–Trinajstić information content (AvgIpc) is 2.67. The minimum Gasteiger partial charge on any atom is -0.504 e. The van der Waals surface area contributed by atoms with Crippen LogP contribution in [0.5, 0.6) is 23.0 Å². The van der Waals surface area contributed by atoms with Gasteiger partial charge in [0.25, 0.3) is 0 Å². The van der Waals surface area contributed by atoms with Gasteiger partial charge in [-0.1, -0.05) is 48.5 Å². The van der Waals surface area contributed by atoms with Gasteiger partial charge in [0, 0.05) is 21.9 Å². The van der Waals surface area contributed by atoms with Gasteiger partial charge in [-0.25, -0.2) is 0 Å². The van der Waals surface area contributed by atoms with Crippen molar-refractivity contribution in [2.45, 2.75) is 0 Å². The molecule has 130 valence electrons. The van der Waals surface area contributed by atoms with Crippen LogP contribution in [-0.4, -0.2) is 20.4 Å². The second-order valence-corrected chi connectivity index (χ2v) is 7.45. The third-order valence-electron chi connectivity index (χ3n) is 4.45. The van der Waals surface area contributed by atoms with Crippen molar-refractivity contribution in [3.8, 4) is 34.1 Å². The van der Waals surface area contributed by atoms with E-state index in [9.17, 15) is 20.4 Å². The lowest BCUT2D eigenvalue weighted by atomic mass is 9.91. The van der Waals surface area contributed by atoms with Gasteiger partial charge >= 0.3 is 0 Å². The number of hydrogen-bond acceptors (Lipinski definition) is 4. The molecule has 0 saturated carbocycles. The second-order valence-electron chi connectivity index (χ2n) is 5.86. The Labute approximate surface area is 165 Å². The Morgan fingerprint density at radius 1 is 0.462 bits per heavy atom. The van der Waals surface area contributed by atoms with Crippen molar-refractivity contribution in [1.82, 2.24) is 0 Å². The predicted molar refractivity (Wildman–Crippen MR) is 109 cm³/mol. The van der Waals surface area contributed by atoms with E-state index >= 15 is 0 Å². The SMILES string of the molecule is Oc1c(O)c(-c2c(O)c(O)c(Br)c3ccccc23)c2ccccc2c1Br. The Balaban J connectivity index is 2.30. The average molecular weight is 476 g/mol. The van der Waals surface area contributed by atoms with Crippen LogP contribution >= 0.6 is 31.9 Å². The van der Waals surface area contributed by atoms with Crippen molar-refractivity contribution >= 4 is 53.4 Å². The Morgan fingerprint density at radius 2 is 0.769 bits per heavy atom. The molecule has 0 aromatic heterocycles. The van der Waals surface area contributed by atoms with E-state index in [1.807, 2.05) is 12.1 Å². The van der Waals surface area contributed by atoms with Gasteiger partial charge in [0.2, 0.25) is 0 Å². The lowest BCUT2D eigenvalue weighted by molar-refractivity contribution is 0.399. The summed E-state index contributed by atoms with van der Waals surface area (Å²) in [5, 5.41) is 44.7. The number of benzene rings is 4. The van der Waals surface area contributed by atoms with E-state index in [2.05, 4.69) is 31.9 Å². The van der Waals surface area contributed by atoms with Crippen molar-refractivity contribution < 1.29 is 20.4 Å². The van der Waals surface area contributed by atoms with Gasteiger partial charge in [-0.3, -0.25) is 0 Å². The summed E-state index contributed by atoms with van der Waals surface area (Å²) in [6.07, 6.45) is 0. The van der Waals surface area contributed by atoms with Crippen LogP contribution in [-0.2, 0) is 0 Å². The van der Waals surface area contributed by atoms with Gasteiger partial charge in [0.1, 0.15) is 0 Å².